The minimum atomic E-state index is -2.09. The Kier molecular flexibility index (Phi) is 11.0. The number of carbonyl (C=O) groups is 5. The van der Waals surface area contributed by atoms with Crippen molar-refractivity contribution in [2.24, 2.45) is 5.92 Å². The van der Waals surface area contributed by atoms with Crippen LogP contribution in [0, 0.1) is 5.92 Å². The maximum atomic E-state index is 14.3. The number of phenols is 1. The molecular formula is C37H38ClN3O11. The van der Waals surface area contributed by atoms with E-state index in [1.807, 2.05) is 0 Å². The Hall–Kier alpha value is -5.76. The summed E-state index contributed by atoms with van der Waals surface area (Å²) in [6.45, 7) is 2.89. The molecule has 1 heterocycles. The predicted molar refractivity (Wildman–Crippen MR) is 190 cm³/mol. The average Bonchev–Trinajstić information content (AvgIpc) is 3.42. The number of halogens is 1. The number of hydrogen-bond acceptors (Lipinski definition) is 11. The minimum absolute atomic E-state index is 0.0350. The van der Waals surface area contributed by atoms with Gasteiger partial charge in [0, 0.05) is 67.6 Å². The molecule has 0 saturated heterocycles. The van der Waals surface area contributed by atoms with Crippen molar-refractivity contribution in [3.63, 3.8) is 0 Å². The van der Waals surface area contributed by atoms with Gasteiger partial charge in [-0.1, -0.05) is 24.6 Å². The minimum Gasteiger partial charge on any atom is -0.507 e. The van der Waals surface area contributed by atoms with Crippen LogP contribution in [0.5, 0.6) is 28.7 Å². The van der Waals surface area contributed by atoms with Crippen molar-refractivity contribution in [1.82, 2.24) is 5.32 Å². The van der Waals surface area contributed by atoms with E-state index in [1.54, 1.807) is 31.2 Å². The number of ketones is 2. The van der Waals surface area contributed by atoms with Crippen molar-refractivity contribution in [3.05, 3.63) is 76.0 Å². The normalized spacial score (nSPS) is 18.3. The smallest absolute Gasteiger partial charge is 0.231 e. The summed E-state index contributed by atoms with van der Waals surface area (Å²) < 4.78 is 22.3. The van der Waals surface area contributed by atoms with Gasteiger partial charge in [0.15, 0.2) is 28.8 Å². The molecule has 3 aromatic carbocycles. The summed E-state index contributed by atoms with van der Waals surface area (Å²) >= 11 is 6.57. The third kappa shape index (κ3) is 7.06. The van der Waals surface area contributed by atoms with Gasteiger partial charge in [0.25, 0.3) is 0 Å². The first kappa shape index (κ1) is 37.5. The Morgan fingerprint density at radius 3 is 2.17 bits per heavy atom. The molecule has 52 heavy (non-hydrogen) atoms. The molecule has 0 fully saturated rings. The second-order valence-corrected chi connectivity index (χ2v) is 12.7. The number of aliphatic hydroxyl groups excluding tert-OH is 1. The van der Waals surface area contributed by atoms with Gasteiger partial charge in [-0.3, -0.25) is 24.0 Å². The predicted octanol–water partition coefficient (Wildman–Crippen LogP) is 5.08. The van der Waals surface area contributed by atoms with Crippen LogP contribution in [0.15, 0.2) is 59.9 Å². The SMILES string of the molecule is COc1cc(C(CC(=O)NCCC(=O)Nc2ccc(NC(C)=O)cc2)C2=C(O)[C@@]3(Oc4c(Cl)c(OC)cc(OC)c4C3=O)[C@H](C)CC2=O)ccc1O. The molecule has 0 saturated carbocycles. The van der Waals surface area contributed by atoms with Crippen molar-refractivity contribution in [2.45, 2.75) is 44.6 Å². The maximum absolute atomic E-state index is 14.3. The zero-order valence-electron chi connectivity index (χ0n) is 29.0. The average molecular weight is 736 g/mol. The van der Waals surface area contributed by atoms with Gasteiger partial charge in [0.2, 0.25) is 29.1 Å². The zero-order chi connectivity index (χ0) is 37.9. The zero-order valence-corrected chi connectivity index (χ0v) is 29.8. The van der Waals surface area contributed by atoms with Gasteiger partial charge in [-0.25, -0.2) is 0 Å². The molecule has 5 rings (SSSR count). The number of nitrogens with one attached hydrogen (secondary N) is 3. The lowest BCUT2D eigenvalue weighted by molar-refractivity contribution is -0.122. The van der Waals surface area contributed by atoms with E-state index < -0.39 is 53.0 Å². The maximum Gasteiger partial charge on any atom is 0.231 e. The van der Waals surface area contributed by atoms with Crippen LogP contribution in [0.4, 0.5) is 11.4 Å². The van der Waals surface area contributed by atoms with Gasteiger partial charge < -0.3 is 45.1 Å². The topological polar surface area (TPSA) is 199 Å². The Bertz CT molecular complexity index is 1980. The largest absolute Gasteiger partial charge is 0.507 e. The number of benzene rings is 3. The van der Waals surface area contributed by atoms with Crippen LogP contribution >= 0.6 is 11.6 Å². The monoisotopic (exact) mass is 735 g/mol. The number of methoxy groups -OCH3 is 3. The van der Waals surface area contributed by atoms with Crippen LogP contribution in [0.2, 0.25) is 5.02 Å². The van der Waals surface area contributed by atoms with E-state index in [2.05, 4.69) is 16.0 Å². The molecule has 1 unspecified atom stereocenters. The van der Waals surface area contributed by atoms with Crippen LogP contribution < -0.4 is 34.9 Å². The number of hydrogen-bond donors (Lipinski definition) is 5. The van der Waals surface area contributed by atoms with Gasteiger partial charge >= 0.3 is 0 Å². The Balaban J connectivity index is 1.44. The molecule has 5 N–H and O–H groups in total. The summed E-state index contributed by atoms with van der Waals surface area (Å²) in [5, 5.41) is 30.4. The second kappa shape index (κ2) is 15.2. The highest BCUT2D eigenvalue weighted by Crippen LogP contribution is 2.56. The Morgan fingerprint density at radius 1 is 0.923 bits per heavy atom. The standard InChI is InChI=1S/C37H38ClN3O11/c1-18-14-25(44)31(35(47)37(18)36(48)32-27(50-4)17-28(51-5)33(38)34(32)52-37)23(20-6-11-24(43)26(15-20)49-3)16-30(46)39-13-12-29(45)41-22-9-7-21(8-10-22)40-19(2)42/h6-11,15,17-18,23,43,47H,12-14,16H2,1-5H3,(H,39,46)(H,40,42)(H,41,45)/t18-,23?,37+/m1/s1. The van der Waals surface area contributed by atoms with Gasteiger partial charge in [0.1, 0.15) is 22.1 Å². The van der Waals surface area contributed by atoms with E-state index >= 15 is 0 Å². The van der Waals surface area contributed by atoms with Crippen molar-refractivity contribution in [2.75, 3.05) is 38.5 Å². The molecule has 2 aliphatic rings. The first-order valence-electron chi connectivity index (χ1n) is 16.2. The fourth-order valence-electron chi connectivity index (χ4n) is 6.47. The summed E-state index contributed by atoms with van der Waals surface area (Å²) in [6, 6.07) is 12.1. The third-order valence-electron chi connectivity index (χ3n) is 9.02. The van der Waals surface area contributed by atoms with Crippen molar-refractivity contribution in [3.8, 4) is 28.7 Å². The molecule has 3 amide bonds. The van der Waals surface area contributed by atoms with Gasteiger partial charge in [-0.05, 0) is 42.0 Å². The van der Waals surface area contributed by atoms with Gasteiger partial charge in [0.05, 0.1) is 21.3 Å². The lowest BCUT2D eigenvalue weighted by Crippen LogP contribution is -2.53. The molecule has 1 spiro atoms. The number of fused-ring (bicyclic) bond motifs is 1. The Labute approximate surface area is 304 Å². The van der Waals surface area contributed by atoms with Crippen LogP contribution in [0.3, 0.4) is 0 Å². The Morgan fingerprint density at radius 2 is 1.56 bits per heavy atom. The van der Waals surface area contributed by atoms with E-state index in [9.17, 15) is 34.2 Å². The lowest BCUT2D eigenvalue weighted by atomic mass is 9.69. The van der Waals surface area contributed by atoms with Crippen LogP contribution in [0.25, 0.3) is 0 Å². The summed E-state index contributed by atoms with van der Waals surface area (Å²) in [5.74, 6) is -5.17. The summed E-state index contributed by atoms with van der Waals surface area (Å²) in [7, 11) is 4.05. The van der Waals surface area contributed by atoms with Crippen molar-refractivity contribution >= 4 is 52.3 Å². The second-order valence-electron chi connectivity index (χ2n) is 12.4. The molecule has 0 aromatic heterocycles. The molecule has 0 radical (unpaired) electrons. The summed E-state index contributed by atoms with van der Waals surface area (Å²) in [4.78, 5) is 65.5. The van der Waals surface area contributed by atoms with E-state index in [4.69, 9.17) is 30.5 Å². The van der Waals surface area contributed by atoms with Crippen LogP contribution in [-0.4, -0.2) is 73.0 Å². The first-order chi connectivity index (χ1) is 24.7. The van der Waals surface area contributed by atoms with E-state index in [-0.39, 0.29) is 70.2 Å². The molecule has 14 nitrogen and oxygen atoms in total. The number of rotatable bonds is 12. The highest BCUT2D eigenvalue weighted by molar-refractivity contribution is 6.35. The molecule has 1 aliphatic carbocycles. The van der Waals surface area contributed by atoms with Crippen LogP contribution in [-0.2, 0) is 19.2 Å². The summed E-state index contributed by atoms with van der Waals surface area (Å²) in [6.07, 6.45) is -0.749. The molecule has 274 valence electrons. The summed E-state index contributed by atoms with van der Waals surface area (Å²) in [5.41, 5.74) is -1.02. The number of ether oxygens (including phenoxy) is 4. The van der Waals surface area contributed by atoms with Crippen molar-refractivity contribution < 1.29 is 53.1 Å². The fraction of sp³-hybridized carbons (Fsp3) is 0.324. The number of carbonyl (C=O) groups excluding carboxylic acids is 5. The number of aliphatic hydroxyl groups is 1. The van der Waals surface area contributed by atoms with E-state index in [0.717, 1.165) is 0 Å². The lowest BCUT2D eigenvalue weighted by Gasteiger charge is -2.38. The van der Waals surface area contributed by atoms with E-state index in [0.29, 0.717) is 16.9 Å². The van der Waals surface area contributed by atoms with E-state index in [1.165, 1.54) is 52.5 Å². The molecule has 15 heteroatoms. The number of Topliss-reactive ketones (excluding diaryl/α,β-unsaturated/α-hetero) is 2. The highest BCUT2D eigenvalue weighted by atomic mass is 35.5. The molecule has 3 atom stereocenters. The van der Waals surface area contributed by atoms with Crippen LogP contribution in [0.1, 0.15) is 54.9 Å². The fourth-order valence-corrected chi connectivity index (χ4v) is 6.74. The van der Waals surface area contributed by atoms with Gasteiger partial charge in [-0.2, -0.15) is 0 Å². The number of aromatic hydroxyl groups is 1. The quantitative estimate of drug-likeness (QED) is 0.166. The number of phenolic OH excluding ortho intramolecular Hbond substituents is 1. The number of amides is 3. The van der Waals surface area contributed by atoms with Gasteiger partial charge in [-0.15, -0.1) is 0 Å². The molecule has 3 aromatic rings. The third-order valence-corrected chi connectivity index (χ3v) is 9.38. The molecule has 1 aliphatic heterocycles. The molecule has 0 bridgehead atoms. The molecular weight excluding hydrogens is 698 g/mol. The van der Waals surface area contributed by atoms with Crippen molar-refractivity contribution in [1.29, 1.82) is 0 Å². The number of allylic oxidation sites excluding steroid dienone is 1. The number of anilines is 2. The highest BCUT2D eigenvalue weighted by Gasteiger charge is 2.61. The first-order valence-corrected chi connectivity index (χ1v) is 16.6.